The number of unbranched alkanes of at least 4 members (excludes halogenated alkanes) is 1. The topological polar surface area (TPSA) is 35.2 Å². The third-order valence-corrected chi connectivity index (χ3v) is 4.92. The van der Waals surface area contributed by atoms with Crippen LogP contribution in [0.1, 0.15) is 63.5 Å². The number of nitrogens with two attached hydrogens (primary N) is 1. The number of hydrogen-bond acceptors (Lipinski definition) is 2. The lowest BCUT2D eigenvalue weighted by Crippen LogP contribution is -2.26. The van der Waals surface area contributed by atoms with Crippen molar-refractivity contribution in [3.05, 3.63) is 29.6 Å². The van der Waals surface area contributed by atoms with Crippen LogP contribution in [0.2, 0.25) is 0 Å². The minimum Gasteiger partial charge on any atom is -0.496 e. The summed E-state index contributed by atoms with van der Waals surface area (Å²) >= 11 is 0. The number of hydrogen-bond donors (Lipinski definition) is 1. The van der Waals surface area contributed by atoms with Crippen LogP contribution in [-0.4, -0.2) is 7.11 Å². The van der Waals surface area contributed by atoms with E-state index < -0.39 is 0 Å². The fourth-order valence-electron chi connectivity index (χ4n) is 3.55. The molecular formula is C18H28FNO. The highest BCUT2D eigenvalue weighted by Crippen LogP contribution is 2.39. The maximum Gasteiger partial charge on any atom is 0.123 e. The van der Waals surface area contributed by atoms with E-state index in [0.29, 0.717) is 11.7 Å². The molecule has 1 atom stereocenters. The van der Waals surface area contributed by atoms with Crippen LogP contribution in [0.5, 0.6) is 5.75 Å². The minimum absolute atomic E-state index is 0.122. The van der Waals surface area contributed by atoms with E-state index in [2.05, 4.69) is 6.92 Å². The summed E-state index contributed by atoms with van der Waals surface area (Å²) in [6.07, 6.45) is 8.78. The van der Waals surface area contributed by atoms with Gasteiger partial charge >= 0.3 is 0 Å². The molecule has 0 spiro atoms. The second-order valence-electron chi connectivity index (χ2n) is 6.34. The predicted molar refractivity (Wildman–Crippen MR) is 84.9 cm³/mol. The van der Waals surface area contributed by atoms with Gasteiger partial charge in [-0.15, -0.1) is 0 Å². The standard InChI is InChI=1S/C18H28FNO/c1-3-4-5-13-6-8-14(9-7-13)18(20)16-12-15(19)10-11-17(16)21-2/h10-14,18H,3-9,20H2,1-2H3. The molecule has 1 saturated carbocycles. The van der Waals surface area contributed by atoms with Crippen molar-refractivity contribution in [3.8, 4) is 5.75 Å². The van der Waals surface area contributed by atoms with Crippen molar-refractivity contribution in [2.75, 3.05) is 7.11 Å². The summed E-state index contributed by atoms with van der Waals surface area (Å²) in [6, 6.07) is 4.52. The van der Waals surface area contributed by atoms with Gasteiger partial charge < -0.3 is 10.5 Å². The lowest BCUT2D eigenvalue weighted by atomic mass is 9.75. The van der Waals surface area contributed by atoms with E-state index in [9.17, 15) is 4.39 Å². The lowest BCUT2D eigenvalue weighted by molar-refractivity contribution is 0.230. The van der Waals surface area contributed by atoms with Gasteiger partial charge in [0.25, 0.3) is 0 Å². The molecule has 1 aliphatic rings. The Balaban J connectivity index is 1.98. The predicted octanol–water partition coefficient (Wildman–Crippen LogP) is 4.83. The van der Waals surface area contributed by atoms with Gasteiger partial charge in [0.1, 0.15) is 11.6 Å². The Labute approximate surface area is 127 Å². The Morgan fingerprint density at radius 2 is 2.00 bits per heavy atom. The molecule has 0 aliphatic heterocycles. The van der Waals surface area contributed by atoms with E-state index in [0.717, 1.165) is 24.3 Å². The largest absolute Gasteiger partial charge is 0.496 e. The Morgan fingerprint density at radius 3 is 2.62 bits per heavy atom. The van der Waals surface area contributed by atoms with E-state index in [1.807, 2.05) is 0 Å². The Kier molecular flexibility index (Phi) is 6.04. The molecule has 2 nitrogen and oxygen atoms in total. The van der Waals surface area contributed by atoms with Gasteiger partial charge in [-0.1, -0.05) is 39.0 Å². The summed E-state index contributed by atoms with van der Waals surface area (Å²) < 4.78 is 18.8. The summed E-state index contributed by atoms with van der Waals surface area (Å²) in [5, 5.41) is 0. The van der Waals surface area contributed by atoms with Gasteiger partial charge in [-0.2, -0.15) is 0 Å². The molecular weight excluding hydrogens is 265 g/mol. The summed E-state index contributed by atoms with van der Waals surface area (Å²) in [5.41, 5.74) is 7.23. The minimum atomic E-state index is -0.238. The molecule has 0 heterocycles. The number of halogens is 1. The van der Waals surface area contributed by atoms with Crippen molar-refractivity contribution in [2.24, 2.45) is 17.6 Å². The average molecular weight is 293 g/mol. The molecule has 1 fully saturated rings. The van der Waals surface area contributed by atoms with Crippen LogP contribution in [0.3, 0.4) is 0 Å². The van der Waals surface area contributed by atoms with Crippen molar-refractivity contribution < 1.29 is 9.13 Å². The number of benzene rings is 1. The fourth-order valence-corrected chi connectivity index (χ4v) is 3.55. The molecule has 1 aliphatic carbocycles. The highest BCUT2D eigenvalue weighted by atomic mass is 19.1. The normalized spacial score (nSPS) is 23.8. The second kappa shape index (κ2) is 7.79. The maximum absolute atomic E-state index is 13.5. The van der Waals surface area contributed by atoms with Gasteiger partial charge in [0, 0.05) is 11.6 Å². The van der Waals surface area contributed by atoms with Gasteiger partial charge in [0.05, 0.1) is 7.11 Å². The first kappa shape index (κ1) is 16.3. The molecule has 21 heavy (non-hydrogen) atoms. The molecule has 2 N–H and O–H groups in total. The molecule has 3 heteroatoms. The van der Waals surface area contributed by atoms with Crippen LogP contribution < -0.4 is 10.5 Å². The molecule has 0 amide bonds. The summed E-state index contributed by atoms with van der Waals surface area (Å²) in [7, 11) is 1.62. The SMILES string of the molecule is CCCCC1CCC(C(N)c2cc(F)ccc2OC)CC1. The van der Waals surface area contributed by atoms with Crippen LogP contribution in [0.25, 0.3) is 0 Å². The highest BCUT2D eigenvalue weighted by Gasteiger charge is 2.28. The smallest absolute Gasteiger partial charge is 0.123 e. The third kappa shape index (κ3) is 4.19. The van der Waals surface area contributed by atoms with Gasteiger partial charge in [0.15, 0.2) is 0 Å². The summed E-state index contributed by atoms with van der Waals surface area (Å²) in [4.78, 5) is 0. The Bertz CT molecular complexity index is 441. The summed E-state index contributed by atoms with van der Waals surface area (Å²) in [5.74, 6) is 1.77. The molecule has 118 valence electrons. The third-order valence-electron chi connectivity index (χ3n) is 4.92. The molecule has 1 aromatic rings. The van der Waals surface area contributed by atoms with E-state index in [4.69, 9.17) is 10.5 Å². The van der Waals surface area contributed by atoms with E-state index in [-0.39, 0.29) is 11.9 Å². The number of ether oxygens (including phenoxy) is 1. The van der Waals surface area contributed by atoms with Gasteiger partial charge in [-0.05, 0) is 42.9 Å². The first-order valence-corrected chi connectivity index (χ1v) is 8.24. The van der Waals surface area contributed by atoms with Crippen LogP contribution in [0.4, 0.5) is 4.39 Å². The maximum atomic E-state index is 13.5. The first-order valence-electron chi connectivity index (χ1n) is 8.24. The molecule has 1 unspecified atom stereocenters. The van der Waals surface area contributed by atoms with Gasteiger partial charge in [-0.3, -0.25) is 0 Å². The van der Waals surface area contributed by atoms with Crippen LogP contribution in [0.15, 0.2) is 18.2 Å². The van der Waals surface area contributed by atoms with Crippen molar-refractivity contribution in [1.29, 1.82) is 0 Å². The molecule has 2 rings (SSSR count). The van der Waals surface area contributed by atoms with Gasteiger partial charge in [-0.25, -0.2) is 4.39 Å². The van der Waals surface area contributed by atoms with E-state index in [1.165, 1.54) is 44.2 Å². The van der Waals surface area contributed by atoms with Crippen molar-refractivity contribution in [3.63, 3.8) is 0 Å². The van der Waals surface area contributed by atoms with Crippen LogP contribution >= 0.6 is 0 Å². The molecule has 0 aromatic heterocycles. The number of methoxy groups -OCH3 is 1. The molecule has 0 bridgehead atoms. The Morgan fingerprint density at radius 1 is 1.29 bits per heavy atom. The van der Waals surface area contributed by atoms with E-state index in [1.54, 1.807) is 13.2 Å². The fraction of sp³-hybridized carbons (Fsp3) is 0.667. The second-order valence-corrected chi connectivity index (χ2v) is 6.34. The molecule has 0 saturated heterocycles. The zero-order chi connectivity index (χ0) is 15.2. The first-order chi connectivity index (χ1) is 10.2. The zero-order valence-electron chi connectivity index (χ0n) is 13.3. The quantitative estimate of drug-likeness (QED) is 0.815. The molecule has 1 aromatic carbocycles. The van der Waals surface area contributed by atoms with Crippen LogP contribution in [0, 0.1) is 17.7 Å². The van der Waals surface area contributed by atoms with Gasteiger partial charge in [0.2, 0.25) is 0 Å². The van der Waals surface area contributed by atoms with Crippen LogP contribution in [-0.2, 0) is 0 Å². The average Bonchev–Trinajstić information content (AvgIpc) is 2.52. The lowest BCUT2D eigenvalue weighted by Gasteiger charge is -2.33. The van der Waals surface area contributed by atoms with Crippen molar-refractivity contribution >= 4 is 0 Å². The highest BCUT2D eigenvalue weighted by molar-refractivity contribution is 5.36. The van der Waals surface area contributed by atoms with Crippen molar-refractivity contribution in [1.82, 2.24) is 0 Å². The molecule has 0 radical (unpaired) electrons. The van der Waals surface area contributed by atoms with E-state index >= 15 is 0 Å². The Hall–Kier alpha value is -1.09. The zero-order valence-corrected chi connectivity index (χ0v) is 13.3. The summed E-state index contributed by atoms with van der Waals surface area (Å²) in [6.45, 7) is 2.25. The van der Waals surface area contributed by atoms with Crippen molar-refractivity contribution in [2.45, 2.75) is 57.9 Å². The monoisotopic (exact) mass is 293 g/mol. The number of rotatable bonds is 6.